The summed E-state index contributed by atoms with van der Waals surface area (Å²) >= 11 is 14.0. The van der Waals surface area contributed by atoms with Gasteiger partial charge in [-0.3, -0.25) is 14.5 Å². The molecule has 108 valence electrons. The van der Waals surface area contributed by atoms with E-state index in [9.17, 15) is 9.59 Å². The maximum Gasteiger partial charge on any atom is 0.228 e. The SMILES string of the molecule is CC(=O)SCC1CC(=O)N(c2ncc(Br)c(Cl)c2Br)C1. The van der Waals surface area contributed by atoms with Crippen LogP contribution in [0.3, 0.4) is 0 Å². The molecular weight excluding hydrogens is 431 g/mol. The normalized spacial score (nSPS) is 18.7. The number of hydrogen-bond donors (Lipinski definition) is 0. The summed E-state index contributed by atoms with van der Waals surface area (Å²) in [6.45, 7) is 2.09. The quantitative estimate of drug-likeness (QED) is 0.713. The molecule has 20 heavy (non-hydrogen) atoms. The van der Waals surface area contributed by atoms with Crippen LogP contribution in [0.25, 0.3) is 0 Å². The predicted octanol–water partition coefficient (Wildman–Crippen LogP) is 3.89. The third-order valence-corrected chi connectivity index (χ3v) is 6.13. The molecule has 0 N–H and O–H groups in total. The zero-order chi connectivity index (χ0) is 14.9. The highest BCUT2D eigenvalue weighted by Gasteiger charge is 2.33. The zero-order valence-electron chi connectivity index (χ0n) is 10.5. The van der Waals surface area contributed by atoms with Gasteiger partial charge in [-0.1, -0.05) is 23.4 Å². The molecule has 1 saturated heterocycles. The van der Waals surface area contributed by atoms with Gasteiger partial charge in [-0.15, -0.1) is 0 Å². The van der Waals surface area contributed by atoms with Crippen molar-refractivity contribution >= 4 is 72.1 Å². The monoisotopic (exact) mass is 440 g/mol. The maximum atomic E-state index is 12.1. The summed E-state index contributed by atoms with van der Waals surface area (Å²) in [5.41, 5.74) is 0. The van der Waals surface area contributed by atoms with Crippen LogP contribution in [0.4, 0.5) is 5.82 Å². The molecule has 1 amide bonds. The van der Waals surface area contributed by atoms with Crippen LogP contribution in [0, 0.1) is 5.92 Å². The average molecular weight is 443 g/mol. The van der Waals surface area contributed by atoms with Gasteiger partial charge in [0.1, 0.15) is 0 Å². The molecule has 0 radical (unpaired) electrons. The molecule has 0 spiro atoms. The zero-order valence-corrected chi connectivity index (χ0v) is 15.3. The lowest BCUT2D eigenvalue weighted by Crippen LogP contribution is -2.26. The largest absolute Gasteiger partial charge is 0.296 e. The van der Waals surface area contributed by atoms with E-state index in [0.29, 0.717) is 38.5 Å². The third kappa shape index (κ3) is 3.55. The fourth-order valence-electron chi connectivity index (χ4n) is 1.96. The van der Waals surface area contributed by atoms with Gasteiger partial charge in [-0.2, -0.15) is 0 Å². The Bertz CT molecular complexity index is 571. The first-order valence-electron chi connectivity index (χ1n) is 5.83. The maximum absolute atomic E-state index is 12.1. The van der Waals surface area contributed by atoms with E-state index in [1.165, 1.54) is 18.7 Å². The topological polar surface area (TPSA) is 50.3 Å². The minimum atomic E-state index is 0.00532. The number of thioether (sulfide) groups is 1. The molecule has 1 fully saturated rings. The van der Waals surface area contributed by atoms with E-state index in [-0.39, 0.29) is 16.9 Å². The van der Waals surface area contributed by atoms with Crippen molar-refractivity contribution in [3.8, 4) is 0 Å². The number of carbonyl (C=O) groups excluding carboxylic acids is 2. The van der Waals surface area contributed by atoms with Crippen LogP contribution in [0.15, 0.2) is 15.1 Å². The summed E-state index contributed by atoms with van der Waals surface area (Å²) in [7, 11) is 0. The molecule has 1 unspecified atom stereocenters. The van der Waals surface area contributed by atoms with Gasteiger partial charge in [0.25, 0.3) is 0 Å². The van der Waals surface area contributed by atoms with E-state index in [0.717, 1.165) is 0 Å². The number of aromatic nitrogens is 1. The van der Waals surface area contributed by atoms with E-state index in [1.54, 1.807) is 11.1 Å². The molecule has 8 heteroatoms. The van der Waals surface area contributed by atoms with Crippen LogP contribution in [0.2, 0.25) is 5.02 Å². The Morgan fingerprint density at radius 3 is 2.95 bits per heavy atom. The molecule has 0 aliphatic carbocycles. The molecule has 1 atom stereocenters. The fraction of sp³-hybridized carbons (Fsp3) is 0.417. The minimum Gasteiger partial charge on any atom is -0.296 e. The van der Waals surface area contributed by atoms with E-state index in [2.05, 4.69) is 36.8 Å². The highest BCUT2D eigenvalue weighted by molar-refractivity contribution is 9.11. The van der Waals surface area contributed by atoms with Crippen LogP contribution >= 0.6 is 55.2 Å². The van der Waals surface area contributed by atoms with Crippen LogP contribution in [0.1, 0.15) is 13.3 Å². The lowest BCUT2D eigenvalue weighted by Gasteiger charge is -2.18. The second-order valence-corrected chi connectivity index (χ2v) is 7.66. The fourth-order valence-corrected chi connectivity index (χ4v) is 3.88. The number of rotatable bonds is 3. The molecule has 1 aliphatic rings. The van der Waals surface area contributed by atoms with Gasteiger partial charge < -0.3 is 0 Å². The molecule has 1 aliphatic heterocycles. The van der Waals surface area contributed by atoms with Crippen molar-refractivity contribution in [1.29, 1.82) is 0 Å². The van der Waals surface area contributed by atoms with E-state index in [4.69, 9.17) is 11.6 Å². The number of amides is 1. The minimum absolute atomic E-state index is 0.00532. The molecule has 1 aromatic heterocycles. The van der Waals surface area contributed by atoms with Gasteiger partial charge in [-0.05, 0) is 37.8 Å². The van der Waals surface area contributed by atoms with E-state index < -0.39 is 0 Å². The second kappa shape index (κ2) is 6.77. The molecule has 2 heterocycles. The molecular formula is C12H11Br2ClN2O2S. The van der Waals surface area contributed by atoms with Gasteiger partial charge in [0.2, 0.25) is 5.91 Å². The van der Waals surface area contributed by atoms with Crippen molar-refractivity contribution in [2.75, 3.05) is 17.2 Å². The highest BCUT2D eigenvalue weighted by Crippen LogP contribution is 2.38. The van der Waals surface area contributed by atoms with Gasteiger partial charge in [0, 0.05) is 31.8 Å². The number of pyridine rings is 1. The molecule has 1 aromatic rings. The number of anilines is 1. The van der Waals surface area contributed by atoms with Crippen molar-refractivity contribution < 1.29 is 9.59 Å². The molecule has 0 bridgehead atoms. The average Bonchev–Trinajstić information content (AvgIpc) is 2.75. The second-order valence-electron chi connectivity index (χ2n) is 4.43. The number of halogens is 3. The summed E-state index contributed by atoms with van der Waals surface area (Å²) < 4.78 is 1.27. The first-order valence-corrected chi connectivity index (χ1v) is 8.78. The van der Waals surface area contributed by atoms with Crippen molar-refractivity contribution in [3.05, 3.63) is 20.2 Å². The van der Waals surface area contributed by atoms with E-state index in [1.807, 2.05) is 0 Å². The first-order chi connectivity index (χ1) is 9.40. The van der Waals surface area contributed by atoms with Crippen LogP contribution in [0.5, 0.6) is 0 Å². The number of hydrogen-bond acceptors (Lipinski definition) is 4. The Morgan fingerprint density at radius 2 is 2.30 bits per heavy atom. The van der Waals surface area contributed by atoms with Gasteiger partial charge in [-0.25, -0.2) is 4.98 Å². The summed E-state index contributed by atoms with van der Waals surface area (Å²) in [5.74, 6) is 1.34. The Kier molecular flexibility index (Phi) is 5.50. The first kappa shape index (κ1) is 16.3. The summed E-state index contributed by atoms with van der Waals surface area (Å²) in [6.07, 6.45) is 2.01. The number of carbonyl (C=O) groups is 2. The van der Waals surface area contributed by atoms with Gasteiger partial charge in [0.15, 0.2) is 10.9 Å². The lowest BCUT2D eigenvalue weighted by molar-refractivity contribution is -0.117. The molecule has 4 nitrogen and oxygen atoms in total. The lowest BCUT2D eigenvalue weighted by atomic mass is 10.1. The summed E-state index contributed by atoms with van der Waals surface area (Å²) in [6, 6.07) is 0. The predicted molar refractivity (Wildman–Crippen MR) is 88.2 cm³/mol. The summed E-state index contributed by atoms with van der Waals surface area (Å²) in [5, 5.41) is 0.561. The third-order valence-electron chi connectivity index (χ3n) is 2.88. The molecule has 0 saturated carbocycles. The van der Waals surface area contributed by atoms with E-state index >= 15 is 0 Å². The van der Waals surface area contributed by atoms with Gasteiger partial charge in [0.05, 0.1) is 14.0 Å². The van der Waals surface area contributed by atoms with Crippen molar-refractivity contribution in [3.63, 3.8) is 0 Å². The van der Waals surface area contributed by atoms with Crippen molar-refractivity contribution in [2.24, 2.45) is 5.92 Å². The van der Waals surface area contributed by atoms with Gasteiger partial charge >= 0.3 is 0 Å². The molecule has 0 aromatic carbocycles. The Balaban J connectivity index is 2.16. The number of nitrogens with zero attached hydrogens (tertiary/aromatic N) is 2. The highest BCUT2D eigenvalue weighted by atomic mass is 79.9. The van der Waals surface area contributed by atoms with Crippen molar-refractivity contribution in [1.82, 2.24) is 4.98 Å². The molecule has 2 rings (SSSR count). The Morgan fingerprint density at radius 1 is 1.60 bits per heavy atom. The Hall–Kier alpha value is -0.110. The van der Waals surface area contributed by atoms with Crippen LogP contribution in [-0.2, 0) is 9.59 Å². The van der Waals surface area contributed by atoms with Crippen LogP contribution < -0.4 is 4.90 Å². The standard InChI is InChI=1S/C12H11Br2ClN2O2S/c1-6(18)20-5-7-2-9(19)17(4-7)12-10(14)11(15)8(13)3-16-12/h3,7H,2,4-5H2,1H3. The Labute approximate surface area is 142 Å². The van der Waals surface area contributed by atoms with Crippen LogP contribution in [-0.4, -0.2) is 28.3 Å². The smallest absolute Gasteiger partial charge is 0.228 e. The van der Waals surface area contributed by atoms with Crippen molar-refractivity contribution in [2.45, 2.75) is 13.3 Å². The summed E-state index contributed by atoms with van der Waals surface area (Å²) in [4.78, 5) is 29.0.